The van der Waals surface area contributed by atoms with Crippen LogP contribution in [0.1, 0.15) is 79.1 Å². The molecule has 0 aromatic rings. The number of ketones is 1. The molecule has 162 valence electrons. The Kier molecular flexibility index (Phi) is 5.56. The molecule has 0 spiro atoms. The van der Waals surface area contributed by atoms with Gasteiger partial charge in [0, 0.05) is 6.42 Å². The van der Waals surface area contributed by atoms with E-state index in [0.29, 0.717) is 30.0 Å². The molecule has 0 N–H and O–H groups in total. The SMILES string of the molecule is CC(C)OC(=O)OCO[C@H]1CC[C@H]2[C@@H]3CCC4=CC(=O)CC[C@]4(C)[C@H]3CC[C@]12C. The fraction of sp³-hybridized carbons (Fsp3) is 0.833. The lowest BCUT2D eigenvalue weighted by molar-refractivity contribution is -0.138. The van der Waals surface area contributed by atoms with Crippen LogP contribution in [0, 0.1) is 28.6 Å². The van der Waals surface area contributed by atoms with Crippen LogP contribution in [0.5, 0.6) is 0 Å². The largest absolute Gasteiger partial charge is 0.510 e. The number of fused-ring (bicyclic) bond motifs is 5. The quantitative estimate of drug-likeness (QED) is 0.462. The van der Waals surface area contributed by atoms with Crippen LogP contribution >= 0.6 is 0 Å². The summed E-state index contributed by atoms with van der Waals surface area (Å²) in [6.07, 6.45) is 9.84. The van der Waals surface area contributed by atoms with Crippen LogP contribution in [-0.2, 0) is 19.0 Å². The van der Waals surface area contributed by atoms with Crippen molar-refractivity contribution in [3.63, 3.8) is 0 Å². The summed E-state index contributed by atoms with van der Waals surface area (Å²) in [5.41, 5.74) is 1.77. The lowest BCUT2D eigenvalue weighted by atomic mass is 9.47. The van der Waals surface area contributed by atoms with Gasteiger partial charge in [0.1, 0.15) is 0 Å². The van der Waals surface area contributed by atoms with E-state index in [4.69, 9.17) is 14.2 Å². The van der Waals surface area contributed by atoms with Gasteiger partial charge in [-0.05, 0) is 93.5 Å². The van der Waals surface area contributed by atoms with Gasteiger partial charge < -0.3 is 14.2 Å². The Labute approximate surface area is 174 Å². The molecule has 0 saturated heterocycles. The third kappa shape index (κ3) is 3.64. The van der Waals surface area contributed by atoms with Gasteiger partial charge in [-0.1, -0.05) is 19.4 Å². The standard InChI is InChI=1S/C24H36O5/c1-15(2)29-22(26)28-14-27-21-8-7-19-18-6-5-16-13-17(25)9-11-23(16,3)20(18)10-12-24(19,21)4/h13,15,18-21H,5-12,14H2,1-4H3/t18-,19-,20-,21-,23-,24-/m0/s1. The molecule has 0 heterocycles. The summed E-state index contributed by atoms with van der Waals surface area (Å²) < 4.78 is 16.2. The fourth-order valence-electron chi connectivity index (χ4n) is 7.18. The van der Waals surface area contributed by atoms with Crippen LogP contribution in [0.2, 0.25) is 0 Å². The second kappa shape index (κ2) is 7.72. The van der Waals surface area contributed by atoms with Crippen molar-refractivity contribution < 1.29 is 23.8 Å². The van der Waals surface area contributed by atoms with E-state index < -0.39 is 6.16 Å². The number of ether oxygens (including phenoxy) is 3. The van der Waals surface area contributed by atoms with Gasteiger partial charge >= 0.3 is 6.16 Å². The molecule has 4 aliphatic carbocycles. The van der Waals surface area contributed by atoms with Gasteiger partial charge in [0.15, 0.2) is 12.6 Å². The number of rotatable bonds is 4. The molecule has 0 aliphatic heterocycles. The van der Waals surface area contributed by atoms with E-state index >= 15 is 0 Å². The highest BCUT2D eigenvalue weighted by molar-refractivity contribution is 5.91. The number of hydrogen-bond donors (Lipinski definition) is 0. The highest BCUT2D eigenvalue weighted by Gasteiger charge is 2.59. The molecule has 4 rings (SSSR count). The molecule has 4 aliphatic rings. The molecule has 0 bridgehead atoms. The molecule has 3 saturated carbocycles. The van der Waals surface area contributed by atoms with Gasteiger partial charge in [-0.2, -0.15) is 0 Å². The minimum absolute atomic E-state index is 0.0284. The maximum atomic E-state index is 12.0. The van der Waals surface area contributed by atoms with Crippen LogP contribution in [0.4, 0.5) is 4.79 Å². The van der Waals surface area contributed by atoms with Crippen molar-refractivity contribution in [3.05, 3.63) is 11.6 Å². The van der Waals surface area contributed by atoms with Crippen molar-refractivity contribution in [1.29, 1.82) is 0 Å². The summed E-state index contributed by atoms with van der Waals surface area (Å²) >= 11 is 0. The van der Waals surface area contributed by atoms with Gasteiger partial charge in [0.2, 0.25) is 0 Å². The molecular formula is C24H36O5. The summed E-state index contributed by atoms with van der Waals surface area (Å²) in [4.78, 5) is 23.6. The molecule has 0 aromatic heterocycles. The smallest absolute Gasteiger partial charge is 0.432 e. The molecule has 0 aromatic carbocycles. The first-order valence-corrected chi connectivity index (χ1v) is 11.4. The Bertz CT molecular complexity index is 697. The van der Waals surface area contributed by atoms with E-state index in [-0.39, 0.29) is 29.8 Å². The van der Waals surface area contributed by atoms with Crippen molar-refractivity contribution in [3.8, 4) is 0 Å². The molecule has 0 radical (unpaired) electrons. The van der Waals surface area contributed by atoms with E-state index in [9.17, 15) is 9.59 Å². The average molecular weight is 405 g/mol. The Balaban J connectivity index is 1.42. The maximum absolute atomic E-state index is 12.0. The van der Waals surface area contributed by atoms with E-state index in [1.165, 1.54) is 24.8 Å². The first-order chi connectivity index (χ1) is 13.7. The summed E-state index contributed by atoms with van der Waals surface area (Å²) in [7, 11) is 0. The molecule has 5 nitrogen and oxygen atoms in total. The Morgan fingerprint density at radius 3 is 2.66 bits per heavy atom. The van der Waals surface area contributed by atoms with Gasteiger partial charge in [0.25, 0.3) is 0 Å². The number of carbonyl (C=O) groups excluding carboxylic acids is 2. The highest BCUT2D eigenvalue weighted by Crippen LogP contribution is 2.65. The Morgan fingerprint density at radius 1 is 1.10 bits per heavy atom. The zero-order chi connectivity index (χ0) is 20.8. The van der Waals surface area contributed by atoms with Crippen molar-refractivity contribution in [2.24, 2.45) is 28.6 Å². The second-order valence-electron chi connectivity index (χ2n) is 10.4. The highest BCUT2D eigenvalue weighted by atomic mass is 16.8. The Hall–Kier alpha value is -1.36. The van der Waals surface area contributed by atoms with Crippen molar-refractivity contribution in [2.75, 3.05) is 6.79 Å². The van der Waals surface area contributed by atoms with Crippen molar-refractivity contribution in [1.82, 2.24) is 0 Å². The fourth-order valence-corrected chi connectivity index (χ4v) is 7.18. The lowest BCUT2D eigenvalue weighted by Gasteiger charge is -2.57. The zero-order valence-electron chi connectivity index (χ0n) is 18.4. The molecule has 3 fully saturated rings. The predicted octanol–water partition coefficient (Wildman–Crippen LogP) is 5.42. The Morgan fingerprint density at radius 2 is 1.90 bits per heavy atom. The lowest BCUT2D eigenvalue weighted by Crippen LogP contribution is -2.51. The van der Waals surface area contributed by atoms with Gasteiger partial charge in [-0.25, -0.2) is 4.79 Å². The summed E-state index contributed by atoms with van der Waals surface area (Å²) in [5.74, 6) is 2.38. The number of hydrogen-bond acceptors (Lipinski definition) is 5. The van der Waals surface area contributed by atoms with Crippen molar-refractivity contribution in [2.45, 2.75) is 91.3 Å². The molecule has 6 atom stereocenters. The normalized spacial score (nSPS) is 41.3. The minimum Gasteiger partial charge on any atom is -0.432 e. The molecule has 29 heavy (non-hydrogen) atoms. The average Bonchev–Trinajstić information content (AvgIpc) is 2.98. The molecule has 0 amide bonds. The van der Waals surface area contributed by atoms with Crippen LogP contribution in [0.15, 0.2) is 11.6 Å². The topological polar surface area (TPSA) is 61.8 Å². The molecule has 0 unspecified atom stereocenters. The van der Waals surface area contributed by atoms with Crippen LogP contribution in [0.25, 0.3) is 0 Å². The van der Waals surface area contributed by atoms with E-state index in [0.717, 1.165) is 25.7 Å². The second-order valence-corrected chi connectivity index (χ2v) is 10.4. The first kappa shape index (κ1) is 20.9. The summed E-state index contributed by atoms with van der Waals surface area (Å²) in [6.45, 7) is 8.38. The summed E-state index contributed by atoms with van der Waals surface area (Å²) in [5, 5.41) is 0. The third-order valence-corrected chi connectivity index (χ3v) is 8.65. The monoisotopic (exact) mass is 404 g/mol. The van der Waals surface area contributed by atoms with Crippen LogP contribution in [-0.4, -0.2) is 30.9 Å². The van der Waals surface area contributed by atoms with Crippen LogP contribution in [0.3, 0.4) is 0 Å². The van der Waals surface area contributed by atoms with Crippen molar-refractivity contribution >= 4 is 11.9 Å². The van der Waals surface area contributed by atoms with E-state index in [2.05, 4.69) is 13.8 Å². The third-order valence-electron chi connectivity index (χ3n) is 8.65. The number of allylic oxidation sites excluding steroid dienone is 1. The number of carbonyl (C=O) groups is 2. The summed E-state index contributed by atoms with van der Waals surface area (Å²) in [6, 6.07) is 0. The van der Waals surface area contributed by atoms with Gasteiger partial charge in [-0.3, -0.25) is 4.79 Å². The van der Waals surface area contributed by atoms with Gasteiger partial charge in [-0.15, -0.1) is 0 Å². The maximum Gasteiger partial charge on any atom is 0.510 e. The minimum atomic E-state index is -0.658. The van der Waals surface area contributed by atoms with Gasteiger partial charge in [0.05, 0.1) is 12.2 Å². The zero-order valence-corrected chi connectivity index (χ0v) is 18.4. The van der Waals surface area contributed by atoms with E-state index in [1.54, 1.807) is 13.8 Å². The van der Waals surface area contributed by atoms with Crippen LogP contribution < -0.4 is 0 Å². The predicted molar refractivity (Wildman–Crippen MR) is 109 cm³/mol. The molecule has 5 heteroatoms. The molecular weight excluding hydrogens is 368 g/mol. The first-order valence-electron chi connectivity index (χ1n) is 11.4. The van der Waals surface area contributed by atoms with E-state index in [1.807, 2.05) is 6.08 Å².